The van der Waals surface area contributed by atoms with Crippen molar-refractivity contribution in [2.24, 2.45) is 0 Å². The highest BCUT2D eigenvalue weighted by Crippen LogP contribution is 2.34. The summed E-state index contributed by atoms with van der Waals surface area (Å²) in [5, 5.41) is 15.9. The van der Waals surface area contributed by atoms with E-state index in [2.05, 4.69) is 65.1 Å². The van der Waals surface area contributed by atoms with Gasteiger partial charge in [0.05, 0.1) is 27.5 Å². The molecule has 11 heterocycles. The largest absolute Gasteiger partial charge is 0.506 e. The molecule has 11 rings (SSSR count). The van der Waals surface area contributed by atoms with Crippen LogP contribution in [0.25, 0.3) is 33.1 Å². The molecule has 20 nitrogen and oxygen atoms in total. The summed E-state index contributed by atoms with van der Waals surface area (Å²) >= 11 is 12.1. The minimum absolute atomic E-state index is 0. The van der Waals surface area contributed by atoms with Crippen molar-refractivity contribution in [3.05, 3.63) is 114 Å². The number of carbonyl (C=O) groups excluding carboxylic acids is 2. The van der Waals surface area contributed by atoms with Crippen LogP contribution in [0.3, 0.4) is 0 Å². The van der Waals surface area contributed by atoms with E-state index in [1.165, 1.54) is 19.0 Å². The minimum Gasteiger partial charge on any atom is -0.506 e. The van der Waals surface area contributed by atoms with E-state index >= 15 is 0 Å². The molecule has 3 fully saturated rings. The highest BCUT2D eigenvalue weighted by molar-refractivity contribution is 6.34. The normalized spacial score (nSPS) is 15.4. The molecule has 8 aromatic heterocycles. The maximum atomic E-state index is 12.3. The van der Waals surface area contributed by atoms with Gasteiger partial charge in [-0.2, -0.15) is 0 Å². The van der Waals surface area contributed by atoms with Crippen molar-refractivity contribution in [3.63, 3.8) is 0 Å². The second-order valence-electron chi connectivity index (χ2n) is 21.1. The van der Waals surface area contributed by atoms with Crippen molar-refractivity contribution < 1.29 is 30.3 Å². The minimum atomic E-state index is -0.482. The van der Waals surface area contributed by atoms with Crippen molar-refractivity contribution >= 4 is 80.9 Å². The van der Waals surface area contributed by atoms with Crippen LogP contribution in [0.2, 0.25) is 10.3 Å². The van der Waals surface area contributed by atoms with E-state index in [1.807, 2.05) is 91.2 Å². The van der Waals surface area contributed by atoms with Crippen molar-refractivity contribution in [1.82, 2.24) is 68.7 Å². The zero-order valence-corrected chi connectivity index (χ0v) is 49.4. The Bertz CT molecular complexity index is 3270. The number of amides is 2. The van der Waals surface area contributed by atoms with Crippen LogP contribution >= 0.6 is 35.6 Å². The Balaban J connectivity index is 0.000000183. The molecule has 2 N–H and O–H groups in total. The molecule has 0 atom stereocenters. The van der Waals surface area contributed by atoms with E-state index in [-0.39, 0.29) is 36.4 Å². The maximum absolute atomic E-state index is 12.3. The van der Waals surface area contributed by atoms with Gasteiger partial charge in [-0.3, -0.25) is 9.97 Å². The molecular formula is C57H75Cl3N14O6. The smallest absolute Gasteiger partial charge is 0.410 e. The Kier molecular flexibility index (Phi) is 21.7. The van der Waals surface area contributed by atoms with Crippen LogP contribution in [0.1, 0.15) is 125 Å². The highest BCUT2D eigenvalue weighted by Gasteiger charge is 2.30. The monoisotopic (exact) mass is 1160 g/mol. The summed E-state index contributed by atoms with van der Waals surface area (Å²) in [6, 6.07) is 14.0. The Labute approximate surface area is 485 Å². The SMILES string of the molecule is CC(C)(C)OC(=O)N1CCC(n2ccc3c(Cl)ncnc32)CC1.Cc1ncccc1O.Cc1ncccc1Oc1ncnc2c1ccn2C1CCN(C(=O)OC(C)(C)C)CC1.Cl.Clc1ncnc2c1ccn2C1CCNCC1.[2H]CC. The number of fused-ring (bicyclic) bond motifs is 3. The summed E-state index contributed by atoms with van der Waals surface area (Å²) in [6.07, 6.45) is 19.2. The number of rotatable bonds is 5. The van der Waals surface area contributed by atoms with E-state index in [1.54, 1.807) is 48.2 Å². The first kappa shape index (κ1) is 60.8. The number of piperidine rings is 3. The number of aromatic hydroxyl groups is 1. The second kappa shape index (κ2) is 28.5. The molecule has 3 aliphatic heterocycles. The fraction of sp³-hybridized carbons (Fsp3) is 0.474. The molecule has 8 aromatic rings. The van der Waals surface area contributed by atoms with Crippen LogP contribution < -0.4 is 10.1 Å². The van der Waals surface area contributed by atoms with Crippen LogP contribution in [0.15, 0.2) is 92.4 Å². The molecule has 3 saturated heterocycles. The molecule has 430 valence electrons. The summed E-state index contributed by atoms with van der Waals surface area (Å²) in [4.78, 5) is 61.6. The number of halogens is 3. The van der Waals surface area contributed by atoms with E-state index in [4.69, 9.17) is 43.9 Å². The van der Waals surface area contributed by atoms with Crippen molar-refractivity contribution in [3.8, 4) is 17.4 Å². The van der Waals surface area contributed by atoms with Crippen LogP contribution in [-0.2, 0) is 9.47 Å². The standard InChI is InChI=1S/C22H27N5O3.C16H21ClN4O2.C11H13ClN4.C6H7NO.C2H6.ClH/c1-15-18(6-5-10-23-15)29-20-17-9-13-27(19(17)24-14-25-20)16-7-11-26(12-8-16)21(28)30-22(2,3)4;1-16(2,3)23-15(22)20-7-4-11(5-8-20)21-9-6-12-13(17)18-10-19-14(12)21;12-10-9-3-6-16(11(9)15-7-14-10)8-1-4-13-5-2-8;1-5-6(8)3-2-4-7-5;1-2;/h5-6,9-10,13-14,16H,7-8,11-12H2,1-4H3;6,9-11H,4-5,7-8H2,1-3H3;3,6-8,13H,1-2,4-5H2;2-4,8H,1H3;1-2H3;1H/i;;;;1D;. The zero-order chi connectivity index (χ0) is 57.6. The van der Waals surface area contributed by atoms with Gasteiger partial charge in [-0.1, -0.05) is 37.0 Å². The molecule has 0 saturated carbocycles. The Morgan fingerprint density at radius 1 is 0.600 bits per heavy atom. The van der Waals surface area contributed by atoms with Gasteiger partial charge >= 0.3 is 12.2 Å². The van der Waals surface area contributed by atoms with Gasteiger partial charge in [-0.15, -0.1) is 12.4 Å². The number of aryl methyl sites for hydroxylation is 2. The average Bonchev–Trinajstić information content (AvgIpc) is 4.35. The fourth-order valence-corrected chi connectivity index (χ4v) is 9.72. The molecule has 23 heteroatoms. The lowest BCUT2D eigenvalue weighted by molar-refractivity contribution is 0.0179. The summed E-state index contributed by atoms with van der Waals surface area (Å²) < 4.78 is 29.7. The first-order valence-corrected chi connectivity index (χ1v) is 27.4. The van der Waals surface area contributed by atoms with Gasteiger partial charge in [0, 0.05) is 76.7 Å². The molecular weight excluding hydrogens is 1080 g/mol. The lowest BCUT2D eigenvalue weighted by atomic mass is 10.1. The lowest BCUT2D eigenvalue weighted by Gasteiger charge is -2.34. The number of nitrogens with zero attached hydrogens (tertiary/aromatic N) is 13. The summed E-state index contributed by atoms with van der Waals surface area (Å²) in [7, 11) is 0. The van der Waals surface area contributed by atoms with E-state index in [0.29, 0.717) is 72.8 Å². The van der Waals surface area contributed by atoms with E-state index in [0.717, 1.165) is 90.4 Å². The molecule has 0 bridgehead atoms. The van der Waals surface area contributed by atoms with E-state index in [9.17, 15) is 9.59 Å². The number of pyridine rings is 2. The molecule has 0 unspecified atom stereocenters. The molecule has 2 amide bonds. The fourth-order valence-electron chi connectivity index (χ4n) is 9.34. The van der Waals surface area contributed by atoms with Crippen molar-refractivity contribution in [2.75, 3.05) is 39.3 Å². The summed E-state index contributed by atoms with van der Waals surface area (Å²) in [6.45, 7) is 22.1. The van der Waals surface area contributed by atoms with Gasteiger partial charge in [0.25, 0.3) is 0 Å². The predicted octanol–water partition coefficient (Wildman–Crippen LogP) is 12.7. The van der Waals surface area contributed by atoms with Gasteiger partial charge in [-0.25, -0.2) is 39.5 Å². The lowest BCUT2D eigenvalue weighted by Crippen LogP contribution is -2.42. The van der Waals surface area contributed by atoms with Gasteiger partial charge in [-0.05, 0) is 149 Å². The molecule has 0 aliphatic carbocycles. The van der Waals surface area contributed by atoms with Crippen LogP contribution in [-0.4, -0.2) is 131 Å². The number of aromatic nitrogens is 11. The number of carbonyl (C=O) groups is 2. The van der Waals surface area contributed by atoms with E-state index < -0.39 is 11.2 Å². The Morgan fingerprint density at radius 2 is 1.00 bits per heavy atom. The third kappa shape index (κ3) is 16.4. The zero-order valence-electron chi connectivity index (χ0n) is 48.1. The molecule has 0 aromatic carbocycles. The van der Waals surface area contributed by atoms with Crippen LogP contribution in [0, 0.1) is 13.8 Å². The number of likely N-dealkylation sites (tertiary alicyclic amines) is 2. The maximum Gasteiger partial charge on any atom is 0.410 e. The van der Waals surface area contributed by atoms with Crippen molar-refractivity contribution in [2.45, 2.75) is 137 Å². The van der Waals surface area contributed by atoms with Gasteiger partial charge in [0.2, 0.25) is 5.88 Å². The quantitative estimate of drug-likeness (QED) is 0.153. The second-order valence-corrected chi connectivity index (χ2v) is 21.8. The Hall–Kier alpha value is -6.87. The molecule has 0 radical (unpaired) electrons. The highest BCUT2D eigenvalue weighted by atomic mass is 35.5. The van der Waals surface area contributed by atoms with Crippen LogP contribution in [0.5, 0.6) is 17.4 Å². The topological polar surface area (TPSA) is 218 Å². The Morgan fingerprint density at radius 3 is 1.41 bits per heavy atom. The average molecular weight is 1160 g/mol. The number of nitrogens with one attached hydrogen (secondary N) is 1. The van der Waals surface area contributed by atoms with Crippen LogP contribution in [0.4, 0.5) is 9.59 Å². The first-order valence-electron chi connectivity index (χ1n) is 27.4. The summed E-state index contributed by atoms with van der Waals surface area (Å²) in [5.41, 5.74) is 3.17. The number of hydrogen-bond acceptors (Lipinski definition) is 15. The predicted molar refractivity (Wildman–Crippen MR) is 314 cm³/mol. The molecule has 80 heavy (non-hydrogen) atoms. The first-order chi connectivity index (χ1) is 38.2. The van der Waals surface area contributed by atoms with Gasteiger partial charge in [0.1, 0.15) is 63.2 Å². The van der Waals surface area contributed by atoms with Gasteiger partial charge in [0.15, 0.2) is 5.75 Å². The molecule has 0 spiro atoms. The third-order valence-corrected chi connectivity index (χ3v) is 13.9. The van der Waals surface area contributed by atoms with Gasteiger partial charge < -0.3 is 48.1 Å². The number of hydrogen-bond donors (Lipinski definition) is 2. The summed E-state index contributed by atoms with van der Waals surface area (Å²) in [5.74, 6) is 1.45. The third-order valence-electron chi connectivity index (χ3n) is 13.3. The molecule has 3 aliphatic rings. The number of ether oxygens (including phenoxy) is 3. The van der Waals surface area contributed by atoms with Crippen molar-refractivity contribution in [1.29, 1.82) is 0 Å².